The topological polar surface area (TPSA) is 34.1 Å². The molecule has 1 heterocycles. The van der Waals surface area contributed by atoms with Crippen molar-refractivity contribution in [1.82, 2.24) is 10.3 Å². The zero-order valence-corrected chi connectivity index (χ0v) is 11.9. The number of nitrogens with zero attached hydrogens (tertiary/aromatic N) is 1. The zero-order valence-electron chi connectivity index (χ0n) is 11.2. The molecule has 2 rings (SSSR count). The Labute approximate surface area is 118 Å². The molecule has 0 aliphatic heterocycles. The molecule has 19 heavy (non-hydrogen) atoms. The highest BCUT2D eigenvalue weighted by molar-refractivity contribution is 6.35. The first-order chi connectivity index (χ1) is 9.33. The molecule has 0 radical (unpaired) electrons. The fourth-order valence-electron chi connectivity index (χ4n) is 1.99. The van der Waals surface area contributed by atoms with Gasteiger partial charge < -0.3 is 10.1 Å². The predicted molar refractivity (Wildman–Crippen MR) is 80.0 cm³/mol. The minimum Gasteiger partial charge on any atom is -0.491 e. The van der Waals surface area contributed by atoms with Crippen LogP contribution in [0, 0.1) is 0 Å². The molecule has 2 aromatic rings. The van der Waals surface area contributed by atoms with E-state index in [0.29, 0.717) is 5.02 Å². The lowest BCUT2D eigenvalue weighted by Gasteiger charge is -2.09. The molecule has 102 valence electrons. The third kappa shape index (κ3) is 3.82. The molecule has 0 saturated carbocycles. The number of aromatic nitrogens is 1. The number of rotatable bonds is 7. The van der Waals surface area contributed by atoms with Crippen LogP contribution in [0.5, 0.6) is 5.75 Å². The second-order valence-corrected chi connectivity index (χ2v) is 4.86. The van der Waals surface area contributed by atoms with E-state index in [0.717, 1.165) is 36.2 Å². The Hall–Kier alpha value is -1.32. The molecule has 0 saturated heterocycles. The third-order valence-corrected chi connectivity index (χ3v) is 3.34. The molecule has 0 fully saturated rings. The van der Waals surface area contributed by atoms with E-state index in [2.05, 4.69) is 10.3 Å². The van der Waals surface area contributed by atoms with Crippen molar-refractivity contribution in [3.05, 3.63) is 35.5 Å². The molecule has 3 nitrogen and oxygen atoms in total. The van der Waals surface area contributed by atoms with E-state index >= 15 is 0 Å². The Morgan fingerprint density at radius 1 is 1.21 bits per heavy atom. The first-order valence-electron chi connectivity index (χ1n) is 6.63. The number of pyridine rings is 1. The Morgan fingerprint density at radius 3 is 2.95 bits per heavy atom. The van der Waals surface area contributed by atoms with E-state index in [1.165, 1.54) is 12.8 Å². The van der Waals surface area contributed by atoms with Gasteiger partial charge in [-0.3, -0.25) is 4.98 Å². The second-order valence-electron chi connectivity index (χ2n) is 4.46. The van der Waals surface area contributed by atoms with E-state index in [1.54, 1.807) is 6.20 Å². The average molecular weight is 279 g/mol. The van der Waals surface area contributed by atoms with Gasteiger partial charge in [-0.05, 0) is 57.1 Å². The summed E-state index contributed by atoms with van der Waals surface area (Å²) in [6, 6.07) is 7.60. The van der Waals surface area contributed by atoms with Crippen molar-refractivity contribution in [3.63, 3.8) is 0 Å². The van der Waals surface area contributed by atoms with Crippen molar-refractivity contribution in [2.24, 2.45) is 0 Å². The zero-order chi connectivity index (χ0) is 13.5. The number of nitrogens with one attached hydrogen (secondary N) is 1. The highest BCUT2D eigenvalue weighted by atomic mass is 35.5. The molecule has 1 aromatic carbocycles. The van der Waals surface area contributed by atoms with Crippen LogP contribution in [0.25, 0.3) is 10.9 Å². The summed E-state index contributed by atoms with van der Waals surface area (Å²) in [6.07, 6.45) is 5.16. The first-order valence-corrected chi connectivity index (χ1v) is 7.01. The van der Waals surface area contributed by atoms with Crippen LogP contribution in [0.15, 0.2) is 30.5 Å². The van der Waals surface area contributed by atoms with Gasteiger partial charge in [0, 0.05) is 11.6 Å². The summed E-state index contributed by atoms with van der Waals surface area (Å²) < 4.78 is 5.81. The molecule has 0 amide bonds. The van der Waals surface area contributed by atoms with Crippen molar-refractivity contribution in [3.8, 4) is 5.75 Å². The Kier molecular flexibility index (Phi) is 5.43. The predicted octanol–water partition coefficient (Wildman–Crippen LogP) is 3.66. The molecular formula is C15H19ClN2O. The maximum atomic E-state index is 6.15. The van der Waals surface area contributed by atoms with Crippen LogP contribution in [-0.4, -0.2) is 25.2 Å². The monoisotopic (exact) mass is 278 g/mol. The molecular weight excluding hydrogens is 260 g/mol. The number of hydrogen-bond acceptors (Lipinski definition) is 3. The van der Waals surface area contributed by atoms with Crippen molar-refractivity contribution in [2.45, 2.75) is 19.3 Å². The maximum Gasteiger partial charge on any atom is 0.145 e. The van der Waals surface area contributed by atoms with Gasteiger partial charge in [0.1, 0.15) is 11.3 Å². The molecule has 0 aliphatic rings. The van der Waals surface area contributed by atoms with Crippen LogP contribution >= 0.6 is 11.6 Å². The van der Waals surface area contributed by atoms with Gasteiger partial charge in [0.15, 0.2) is 0 Å². The molecule has 0 aliphatic carbocycles. The lowest BCUT2D eigenvalue weighted by molar-refractivity contribution is 0.308. The fraction of sp³-hybridized carbons (Fsp3) is 0.400. The lowest BCUT2D eigenvalue weighted by Crippen LogP contribution is -2.08. The number of fused-ring (bicyclic) bond motifs is 1. The summed E-state index contributed by atoms with van der Waals surface area (Å²) >= 11 is 6.15. The van der Waals surface area contributed by atoms with Crippen molar-refractivity contribution >= 4 is 22.5 Å². The normalized spacial score (nSPS) is 10.8. The Bertz CT molecular complexity index is 531. The standard InChI is InChI=1S/C15H19ClN2O/c1-17-9-3-2-4-11-19-14-8-7-13(16)12-6-5-10-18-15(12)14/h5-8,10,17H,2-4,9,11H2,1H3. The first kappa shape index (κ1) is 14.1. The molecule has 1 N–H and O–H groups in total. The largest absolute Gasteiger partial charge is 0.491 e. The van der Waals surface area contributed by atoms with Gasteiger partial charge in [0.05, 0.1) is 11.6 Å². The van der Waals surface area contributed by atoms with E-state index < -0.39 is 0 Å². The number of unbranched alkanes of at least 4 members (excludes halogenated alkanes) is 2. The second kappa shape index (κ2) is 7.31. The summed E-state index contributed by atoms with van der Waals surface area (Å²) in [4.78, 5) is 4.35. The maximum absolute atomic E-state index is 6.15. The number of benzene rings is 1. The highest BCUT2D eigenvalue weighted by Crippen LogP contribution is 2.29. The number of halogens is 1. The van der Waals surface area contributed by atoms with E-state index in [-0.39, 0.29) is 0 Å². The van der Waals surface area contributed by atoms with Crippen LogP contribution in [0.4, 0.5) is 0 Å². The average Bonchev–Trinajstić information content (AvgIpc) is 2.45. The lowest BCUT2D eigenvalue weighted by atomic mass is 10.2. The van der Waals surface area contributed by atoms with Crippen LogP contribution in [0.3, 0.4) is 0 Å². The summed E-state index contributed by atoms with van der Waals surface area (Å²) in [5.41, 5.74) is 0.838. The van der Waals surface area contributed by atoms with E-state index in [4.69, 9.17) is 16.3 Å². The van der Waals surface area contributed by atoms with Crippen LogP contribution in [0.1, 0.15) is 19.3 Å². The van der Waals surface area contributed by atoms with Gasteiger partial charge in [-0.2, -0.15) is 0 Å². The van der Waals surface area contributed by atoms with Gasteiger partial charge in [0.2, 0.25) is 0 Å². The summed E-state index contributed by atoms with van der Waals surface area (Å²) in [5, 5.41) is 4.80. The highest BCUT2D eigenvalue weighted by Gasteiger charge is 2.06. The summed E-state index contributed by atoms with van der Waals surface area (Å²) in [7, 11) is 1.97. The smallest absolute Gasteiger partial charge is 0.145 e. The van der Waals surface area contributed by atoms with Gasteiger partial charge in [-0.15, -0.1) is 0 Å². The molecule has 1 aromatic heterocycles. The number of ether oxygens (including phenoxy) is 1. The van der Waals surface area contributed by atoms with Gasteiger partial charge in [-0.1, -0.05) is 11.6 Å². The SMILES string of the molecule is CNCCCCCOc1ccc(Cl)c2cccnc12. The summed E-state index contributed by atoms with van der Waals surface area (Å²) in [6.45, 7) is 1.78. The van der Waals surface area contributed by atoms with Crippen molar-refractivity contribution in [2.75, 3.05) is 20.2 Å². The quantitative estimate of drug-likeness (QED) is 0.785. The minimum absolute atomic E-state index is 0.712. The molecule has 0 spiro atoms. The minimum atomic E-state index is 0.712. The van der Waals surface area contributed by atoms with Crippen molar-refractivity contribution in [1.29, 1.82) is 0 Å². The third-order valence-electron chi connectivity index (χ3n) is 3.01. The van der Waals surface area contributed by atoms with Gasteiger partial charge in [0.25, 0.3) is 0 Å². The molecule has 0 bridgehead atoms. The van der Waals surface area contributed by atoms with Crippen LogP contribution < -0.4 is 10.1 Å². The van der Waals surface area contributed by atoms with E-state index in [9.17, 15) is 0 Å². The van der Waals surface area contributed by atoms with E-state index in [1.807, 2.05) is 31.3 Å². The van der Waals surface area contributed by atoms with Crippen LogP contribution in [0.2, 0.25) is 5.02 Å². The molecule has 4 heteroatoms. The van der Waals surface area contributed by atoms with Crippen molar-refractivity contribution < 1.29 is 4.74 Å². The van der Waals surface area contributed by atoms with Gasteiger partial charge >= 0.3 is 0 Å². The number of hydrogen-bond donors (Lipinski definition) is 1. The van der Waals surface area contributed by atoms with Crippen LogP contribution in [-0.2, 0) is 0 Å². The van der Waals surface area contributed by atoms with Gasteiger partial charge in [-0.25, -0.2) is 0 Å². The fourth-order valence-corrected chi connectivity index (χ4v) is 2.21. The Balaban J connectivity index is 1.96. The summed E-state index contributed by atoms with van der Waals surface area (Å²) in [5.74, 6) is 0.814. The molecule has 0 atom stereocenters. The molecule has 0 unspecified atom stereocenters. The Morgan fingerprint density at radius 2 is 2.11 bits per heavy atom.